The standard InChI is InChI=1S/C13H19N5S/c1-18-10(8-15-17-18)13(16-14)12-7-9-5-3-2-4-6-11(9)19-12/h7-8,13,16H,2-6,14H2,1H3. The van der Waals surface area contributed by atoms with Crippen molar-refractivity contribution in [3.63, 3.8) is 0 Å². The lowest BCUT2D eigenvalue weighted by Gasteiger charge is -2.13. The molecule has 3 N–H and O–H groups in total. The molecule has 1 atom stereocenters. The SMILES string of the molecule is Cn1nncc1C(NN)c1cc2c(s1)CCCCC2. The summed E-state index contributed by atoms with van der Waals surface area (Å²) in [4.78, 5) is 2.79. The number of thiophene rings is 1. The third kappa shape index (κ3) is 2.43. The molecule has 0 amide bonds. The molecule has 0 aromatic carbocycles. The van der Waals surface area contributed by atoms with Crippen LogP contribution in [0.15, 0.2) is 12.3 Å². The molecule has 6 heteroatoms. The Labute approximate surface area is 116 Å². The number of hydrogen-bond donors (Lipinski definition) is 2. The van der Waals surface area contributed by atoms with Crippen LogP contribution in [0.3, 0.4) is 0 Å². The lowest BCUT2D eigenvalue weighted by atomic mass is 10.1. The van der Waals surface area contributed by atoms with E-state index in [9.17, 15) is 0 Å². The van der Waals surface area contributed by atoms with Gasteiger partial charge in [-0.2, -0.15) is 0 Å². The van der Waals surface area contributed by atoms with Gasteiger partial charge < -0.3 is 0 Å². The Morgan fingerprint density at radius 3 is 2.95 bits per heavy atom. The smallest absolute Gasteiger partial charge is 0.0986 e. The first kappa shape index (κ1) is 12.8. The van der Waals surface area contributed by atoms with E-state index in [1.54, 1.807) is 10.9 Å². The van der Waals surface area contributed by atoms with Gasteiger partial charge in [0.2, 0.25) is 0 Å². The first-order chi connectivity index (χ1) is 9.29. The van der Waals surface area contributed by atoms with Crippen molar-refractivity contribution in [1.29, 1.82) is 0 Å². The van der Waals surface area contributed by atoms with E-state index in [2.05, 4.69) is 21.8 Å². The Morgan fingerprint density at radius 1 is 1.37 bits per heavy atom. The summed E-state index contributed by atoms with van der Waals surface area (Å²) in [5.41, 5.74) is 5.40. The number of fused-ring (bicyclic) bond motifs is 1. The molecule has 3 rings (SSSR count). The zero-order valence-electron chi connectivity index (χ0n) is 11.1. The molecule has 1 aliphatic rings. The molecule has 2 aromatic heterocycles. The van der Waals surface area contributed by atoms with Gasteiger partial charge in [0.25, 0.3) is 0 Å². The van der Waals surface area contributed by atoms with Crippen LogP contribution < -0.4 is 11.3 Å². The molecule has 1 aliphatic carbocycles. The van der Waals surface area contributed by atoms with Gasteiger partial charge in [-0.1, -0.05) is 11.6 Å². The number of nitrogens with zero attached hydrogens (tertiary/aromatic N) is 3. The third-order valence-corrected chi connectivity index (χ3v) is 5.06. The summed E-state index contributed by atoms with van der Waals surface area (Å²) < 4.78 is 1.77. The van der Waals surface area contributed by atoms with E-state index in [0.29, 0.717) is 0 Å². The summed E-state index contributed by atoms with van der Waals surface area (Å²) >= 11 is 1.88. The minimum atomic E-state index is -0.0167. The highest BCUT2D eigenvalue weighted by Gasteiger charge is 2.21. The molecule has 2 heterocycles. The second-order valence-corrected chi connectivity index (χ2v) is 6.21. The molecule has 19 heavy (non-hydrogen) atoms. The van der Waals surface area contributed by atoms with Gasteiger partial charge in [-0.25, -0.2) is 5.43 Å². The second-order valence-electron chi connectivity index (χ2n) is 5.04. The zero-order chi connectivity index (χ0) is 13.2. The third-order valence-electron chi connectivity index (χ3n) is 3.76. The Balaban J connectivity index is 1.94. The van der Waals surface area contributed by atoms with Crippen LogP contribution in [0.1, 0.15) is 46.3 Å². The topological polar surface area (TPSA) is 68.8 Å². The fourth-order valence-corrected chi connectivity index (χ4v) is 4.04. The molecule has 0 bridgehead atoms. The van der Waals surface area contributed by atoms with Crippen LogP contribution in [0.5, 0.6) is 0 Å². The van der Waals surface area contributed by atoms with Crippen molar-refractivity contribution in [3.05, 3.63) is 33.3 Å². The number of aryl methyl sites for hydroxylation is 3. The predicted molar refractivity (Wildman–Crippen MR) is 75.7 cm³/mol. The van der Waals surface area contributed by atoms with Gasteiger partial charge in [-0.3, -0.25) is 10.5 Å². The molecule has 5 nitrogen and oxygen atoms in total. The maximum absolute atomic E-state index is 5.74. The first-order valence-corrected chi connectivity index (χ1v) is 7.53. The van der Waals surface area contributed by atoms with Crippen LogP contribution in [0.4, 0.5) is 0 Å². The maximum Gasteiger partial charge on any atom is 0.0986 e. The Kier molecular flexibility index (Phi) is 3.63. The van der Waals surface area contributed by atoms with Gasteiger partial charge in [0.15, 0.2) is 0 Å². The lowest BCUT2D eigenvalue weighted by molar-refractivity contribution is 0.576. The lowest BCUT2D eigenvalue weighted by Crippen LogP contribution is -2.29. The van der Waals surface area contributed by atoms with Gasteiger partial charge in [-0.05, 0) is 37.3 Å². The Bertz CT molecular complexity index is 536. The second kappa shape index (κ2) is 5.40. The molecule has 0 fully saturated rings. The number of hydrazine groups is 1. The molecule has 0 saturated heterocycles. The average molecular weight is 277 g/mol. The average Bonchev–Trinajstić information content (AvgIpc) is 2.93. The van der Waals surface area contributed by atoms with E-state index in [-0.39, 0.29) is 6.04 Å². The largest absolute Gasteiger partial charge is 0.270 e. The van der Waals surface area contributed by atoms with Crippen LogP contribution in [0, 0.1) is 0 Å². The Morgan fingerprint density at radius 2 is 2.21 bits per heavy atom. The normalized spacial score (nSPS) is 16.9. The van der Waals surface area contributed by atoms with Crippen molar-refractivity contribution in [1.82, 2.24) is 20.4 Å². The van der Waals surface area contributed by atoms with Crippen LogP contribution in [0.2, 0.25) is 0 Å². The minimum Gasteiger partial charge on any atom is -0.270 e. The van der Waals surface area contributed by atoms with Gasteiger partial charge in [-0.15, -0.1) is 16.4 Å². The molecule has 102 valence electrons. The number of hydrogen-bond acceptors (Lipinski definition) is 5. The van der Waals surface area contributed by atoms with E-state index < -0.39 is 0 Å². The fraction of sp³-hybridized carbons (Fsp3) is 0.538. The molecule has 0 saturated carbocycles. The summed E-state index contributed by atoms with van der Waals surface area (Å²) in [5.74, 6) is 5.74. The monoisotopic (exact) mass is 277 g/mol. The highest BCUT2D eigenvalue weighted by molar-refractivity contribution is 7.12. The molecule has 2 aromatic rings. The zero-order valence-corrected chi connectivity index (χ0v) is 11.9. The number of nitrogens with one attached hydrogen (secondary N) is 1. The van der Waals surface area contributed by atoms with Crippen LogP contribution in [-0.2, 0) is 19.9 Å². The summed E-state index contributed by atoms with van der Waals surface area (Å²) in [6.07, 6.45) is 8.14. The van der Waals surface area contributed by atoms with Gasteiger partial charge >= 0.3 is 0 Å². The highest BCUT2D eigenvalue weighted by atomic mass is 32.1. The highest BCUT2D eigenvalue weighted by Crippen LogP contribution is 2.34. The molecule has 0 radical (unpaired) electrons. The molecule has 1 unspecified atom stereocenters. The quantitative estimate of drug-likeness (QED) is 0.509. The summed E-state index contributed by atoms with van der Waals surface area (Å²) in [6.45, 7) is 0. The number of rotatable bonds is 3. The van der Waals surface area contributed by atoms with Gasteiger partial charge in [0, 0.05) is 16.8 Å². The van der Waals surface area contributed by atoms with Gasteiger partial charge in [0.1, 0.15) is 0 Å². The van der Waals surface area contributed by atoms with Crippen molar-refractivity contribution < 1.29 is 0 Å². The molecular formula is C13H19N5S. The van der Waals surface area contributed by atoms with Crippen molar-refractivity contribution in [2.24, 2.45) is 12.9 Å². The van der Waals surface area contributed by atoms with E-state index in [0.717, 1.165) is 5.69 Å². The van der Waals surface area contributed by atoms with Crippen LogP contribution in [0.25, 0.3) is 0 Å². The van der Waals surface area contributed by atoms with Crippen molar-refractivity contribution in [2.45, 2.75) is 38.1 Å². The molecular weight excluding hydrogens is 258 g/mol. The van der Waals surface area contributed by atoms with Crippen LogP contribution in [-0.4, -0.2) is 15.0 Å². The van der Waals surface area contributed by atoms with E-state index in [4.69, 9.17) is 5.84 Å². The van der Waals surface area contributed by atoms with E-state index in [1.165, 1.54) is 47.4 Å². The first-order valence-electron chi connectivity index (χ1n) is 6.72. The van der Waals surface area contributed by atoms with Crippen molar-refractivity contribution >= 4 is 11.3 Å². The molecule has 0 aliphatic heterocycles. The number of aromatic nitrogens is 3. The van der Waals surface area contributed by atoms with Gasteiger partial charge in [0.05, 0.1) is 17.9 Å². The summed E-state index contributed by atoms with van der Waals surface area (Å²) in [5, 5.41) is 7.92. The summed E-state index contributed by atoms with van der Waals surface area (Å²) in [6, 6.07) is 2.29. The fourth-order valence-electron chi connectivity index (χ4n) is 2.70. The van der Waals surface area contributed by atoms with Crippen LogP contribution >= 0.6 is 11.3 Å². The maximum atomic E-state index is 5.74. The Hall–Kier alpha value is -1.24. The predicted octanol–water partition coefficient (Wildman–Crippen LogP) is 1.70. The summed E-state index contributed by atoms with van der Waals surface area (Å²) in [7, 11) is 1.89. The van der Waals surface area contributed by atoms with E-state index >= 15 is 0 Å². The van der Waals surface area contributed by atoms with E-state index in [1.807, 2.05) is 18.4 Å². The molecule has 0 spiro atoms. The number of nitrogens with two attached hydrogens (primary N) is 1. The minimum absolute atomic E-state index is 0.0167. The van der Waals surface area contributed by atoms with Crippen molar-refractivity contribution in [2.75, 3.05) is 0 Å². The van der Waals surface area contributed by atoms with Crippen molar-refractivity contribution in [3.8, 4) is 0 Å².